The molecule has 3 nitrogen and oxygen atoms in total. The van der Waals surface area contributed by atoms with Crippen LogP contribution in [-0.2, 0) is 0 Å². The van der Waals surface area contributed by atoms with Crippen molar-refractivity contribution < 1.29 is 0 Å². The number of hydrogen-bond acceptors (Lipinski definition) is 4. The van der Waals surface area contributed by atoms with Gasteiger partial charge in [0.15, 0.2) is 0 Å². The van der Waals surface area contributed by atoms with Crippen LogP contribution in [0, 0.1) is 12.8 Å². The fraction of sp³-hybridized carbons (Fsp3) is 0.733. The van der Waals surface area contributed by atoms with E-state index >= 15 is 0 Å². The number of nitrogens with one attached hydrogen (secondary N) is 1. The maximum absolute atomic E-state index is 4.63. The first-order chi connectivity index (χ1) is 9.17. The standard InChI is InChI=1S/C15H25N3S/c1-4-8-16-15-17-12(3)10-14(18-15)19-13-7-5-6-11(2)9-13/h10-11,13H,4-9H2,1-3H3,(H,16,17,18). The molecule has 0 aromatic carbocycles. The molecular formula is C15H25N3S. The lowest BCUT2D eigenvalue weighted by Gasteiger charge is -2.25. The number of anilines is 1. The number of aromatic nitrogens is 2. The molecule has 0 radical (unpaired) electrons. The summed E-state index contributed by atoms with van der Waals surface area (Å²) in [7, 11) is 0. The molecule has 0 bridgehead atoms. The van der Waals surface area contributed by atoms with Gasteiger partial charge in [0.05, 0.1) is 0 Å². The van der Waals surface area contributed by atoms with Gasteiger partial charge in [-0.15, -0.1) is 11.8 Å². The highest BCUT2D eigenvalue weighted by atomic mass is 32.2. The smallest absolute Gasteiger partial charge is 0.223 e. The van der Waals surface area contributed by atoms with Gasteiger partial charge in [0.1, 0.15) is 5.03 Å². The summed E-state index contributed by atoms with van der Waals surface area (Å²) in [5.41, 5.74) is 1.06. The highest BCUT2D eigenvalue weighted by Gasteiger charge is 2.20. The van der Waals surface area contributed by atoms with Crippen LogP contribution in [0.5, 0.6) is 0 Å². The van der Waals surface area contributed by atoms with Crippen molar-refractivity contribution in [3.05, 3.63) is 11.8 Å². The van der Waals surface area contributed by atoms with Crippen molar-refractivity contribution in [1.29, 1.82) is 0 Å². The zero-order chi connectivity index (χ0) is 13.7. The molecule has 2 atom stereocenters. The molecule has 1 aliphatic rings. The first-order valence-electron chi connectivity index (χ1n) is 7.43. The Morgan fingerprint density at radius 2 is 2.21 bits per heavy atom. The zero-order valence-electron chi connectivity index (χ0n) is 12.3. The number of aryl methyl sites for hydroxylation is 1. The van der Waals surface area contributed by atoms with Gasteiger partial charge in [-0.25, -0.2) is 9.97 Å². The Labute approximate surface area is 121 Å². The molecule has 0 saturated heterocycles. The van der Waals surface area contributed by atoms with Crippen LogP contribution in [0.2, 0.25) is 0 Å². The van der Waals surface area contributed by atoms with Crippen molar-refractivity contribution >= 4 is 17.7 Å². The van der Waals surface area contributed by atoms with E-state index in [0.717, 1.165) is 40.8 Å². The van der Waals surface area contributed by atoms with Crippen LogP contribution < -0.4 is 5.32 Å². The van der Waals surface area contributed by atoms with Crippen molar-refractivity contribution in [3.8, 4) is 0 Å². The maximum atomic E-state index is 4.63. The van der Waals surface area contributed by atoms with Crippen molar-refractivity contribution in [1.82, 2.24) is 9.97 Å². The molecular weight excluding hydrogens is 254 g/mol. The van der Waals surface area contributed by atoms with Crippen LogP contribution in [-0.4, -0.2) is 21.8 Å². The Morgan fingerprint density at radius 3 is 2.95 bits per heavy atom. The van der Waals surface area contributed by atoms with Crippen LogP contribution in [0.3, 0.4) is 0 Å². The van der Waals surface area contributed by atoms with E-state index in [4.69, 9.17) is 0 Å². The molecule has 2 rings (SSSR count). The summed E-state index contributed by atoms with van der Waals surface area (Å²) in [5.74, 6) is 1.65. The quantitative estimate of drug-likeness (QED) is 0.816. The van der Waals surface area contributed by atoms with E-state index in [0.29, 0.717) is 0 Å². The first kappa shape index (κ1) is 14.6. The molecule has 19 heavy (non-hydrogen) atoms. The third kappa shape index (κ3) is 4.68. The summed E-state index contributed by atoms with van der Waals surface area (Å²) >= 11 is 1.94. The summed E-state index contributed by atoms with van der Waals surface area (Å²) in [6.45, 7) is 7.51. The summed E-state index contributed by atoms with van der Waals surface area (Å²) in [6.07, 6.45) is 6.51. The van der Waals surface area contributed by atoms with Crippen LogP contribution in [0.1, 0.15) is 51.6 Å². The van der Waals surface area contributed by atoms with E-state index in [9.17, 15) is 0 Å². The Balaban J connectivity index is 2.00. The molecule has 1 aromatic heterocycles. The third-order valence-corrected chi connectivity index (χ3v) is 4.75. The van der Waals surface area contributed by atoms with Crippen LogP contribution in [0.25, 0.3) is 0 Å². The third-order valence-electron chi connectivity index (χ3n) is 3.54. The molecule has 1 N–H and O–H groups in total. The summed E-state index contributed by atoms with van der Waals surface area (Å²) in [4.78, 5) is 9.07. The number of rotatable bonds is 5. The van der Waals surface area contributed by atoms with Crippen molar-refractivity contribution in [3.63, 3.8) is 0 Å². The second kappa shape index (κ2) is 7.13. The molecule has 1 fully saturated rings. The van der Waals surface area contributed by atoms with Gasteiger partial charge in [0, 0.05) is 17.5 Å². The topological polar surface area (TPSA) is 37.8 Å². The molecule has 1 heterocycles. The van der Waals surface area contributed by atoms with Gasteiger partial charge in [0.2, 0.25) is 5.95 Å². The molecule has 106 valence electrons. The van der Waals surface area contributed by atoms with E-state index in [1.807, 2.05) is 18.7 Å². The van der Waals surface area contributed by atoms with E-state index in [2.05, 4.69) is 35.2 Å². The van der Waals surface area contributed by atoms with Gasteiger partial charge >= 0.3 is 0 Å². The number of thioether (sulfide) groups is 1. The fourth-order valence-corrected chi connectivity index (χ4v) is 4.00. The molecule has 0 spiro atoms. The normalized spacial score (nSPS) is 23.3. The molecule has 1 aliphatic carbocycles. The van der Waals surface area contributed by atoms with Crippen LogP contribution in [0.4, 0.5) is 5.95 Å². The Kier molecular flexibility index (Phi) is 5.49. The zero-order valence-corrected chi connectivity index (χ0v) is 13.1. The van der Waals surface area contributed by atoms with Gasteiger partial charge in [-0.1, -0.05) is 26.7 Å². The lowest BCUT2D eigenvalue weighted by atomic mass is 9.91. The Morgan fingerprint density at radius 1 is 1.37 bits per heavy atom. The minimum atomic E-state index is 0.733. The van der Waals surface area contributed by atoms with Gasteiger partial charge < -0.3 is 5.32 Å². The first-order valence-corrected chi connectivity index (χ1v) is 8.31. The predicted molar refractivity (Wildman–Crippen MR) is 82.8 cm³/mol. The molecule has 4 heteroatoms. The lowest BCUT2D eigenvalue weighted by molar-refractivity contribution is 0.394. The Hall–Kier alpha value is -0.770. The van der Waals surface area contributed by atoms with Crippen LogP contribution >= 0.6 is 11.8 Å². The van der Waals surface area contributed by atoms with Gasteiger partial charge in [-0.05, 0) is 38.2 Å². The molecule has 0 amide bonds. The van der Waals surface area contributed by atoms with E-state index in [1.165, 1.54) is 25.7 Å². The maximum Gasteiger partial charge on any atom is 0.223 e. The van der Waals surface area contributed by atoms with Gasteiger partial charge in [-0.3, -0.25) is 0 Å². The molecule has 0 aliphatic heterocycles. The summed E-state index contributed by atoms with van der Waals surface area (Å²) < 4.78 is 0. The minimum Gasteiger partial charge on any atom is -0.354 e. The van der Waals surface area contributed by atoms with Gasteiger partial charge in [0.25, 0.3) is 0 Å². The lowest BCUT2D eigenvalue weighted by Crippen LogP contribution is -2.15. The molecule has 1 aromatic rings. The number of hydrogen-bond donors (Lipinski definition) is 1. The average Bonchev–Trinajstić information content (AvgIpc) is 2.35. The summed E-state index contributed by atoms with van der Waals surface area (Å²) in [5, 5.41) is 5.15. The SMILES string of the molecule is CCCNc1nc(C)cc(SC2CCCC(C)C2)n1. The molecule has 2 unspecified atom stereocenters. The Bertz CT molecular complexity index is 408. The monoisotopic (exact) mass is 279 g/mol. The van der Waals surface area contributed by atoms with E-state index < -0.39 is 0 Å². The van der Waals surface area contributed by atoms with Crippen LogP contribution in [0.15, 0.2) is 11.1 Å². The predicted octanol–water partition coefficient (Wildman–Crippen LogP) is 4.28. The molecule has 1 saturated carbocycles. The summed E-state index contributed by atoms with van der Waals surface area (Å²) in [6, 6.07) is 2.11. The second-order valence-electron chi connectivity index (χ2n) is 5.61. The minimum absolute atomic E-state index is 0.733. The van der Waals surface area contributed by atoms with Crippen molar-refractivity contribution in [2.45, 2.75) is 63.2 Å². The van der Waals surface area contributed by atoms with E-state index in [1.54, 1.807) is 0 Å². The number of nitrogens with zero attached hydrogens (tertiary/aromatic N) is 2. The van der Waals surface area contributed by atoms with Gasteiger partial charge in [-0.2, -0.15) is 0 Å². The second-order valence-corrected chi connectivity index (χ2v) is 6.93. The highest BCUT2D eigenvalue weighted by molar-refractivity contribution is 7.99. The highest BCUT2D eigenvalue weighted by Crippen LogP contribution is 2.35. The largest absolute Gasteiger partial charge is 0.354 e. The van der Waals surface area contributed by atoms with Crippen molar-refractivity contribution in [2.24, 2.45) is 5.92 Å². The average molecular weight is 279 g/mol. The fourth-order valence-electron chi connectivity index (χ4n) is 2.57. The van der Waals surface area contributed by atoms with E-state index in [-0.39, 0.29) is 0 Å². The van der Waals surface area contributed by atoms with Crippen molar-refractivity contribution in [2.75, 3.05) is 11.9 Å².